The SMILES string of the molecule is C=CC[C@@H](CC(=O)N(CCO)Cc1ccccc1)C(=O)N[C@@H](CCCCNC(=O)OCc1ccccc1)COC(=O)[C@@H](CC=C)NC(=O)OCc1ccccc1. The molecule has 0 aliphatic carbocycles. The Kier molecular flexibility index (Phi) is 20.6. The van der Waals surface area contributed by atoms with Gasteiger partial charge in [-0.25, -0.2) is 14.4 Å². The molecule has 13 nitrogen and oxygen atoms in total. The van der Waals surface area contributed by atoms with Crippen molar-refractivity contribution >= 4 is 30.0 Å². The van der Waals surface area contributed by atoms with E-state index < -0.39 is 42.1 Å². The van der Waals surface area contributed by atoms with Crippen LogP contribution in [0.3, 0.4) is 0 Å². The van der Waals surface area contributed by atoms with Gasteiger partial charge in [0.25, 0.3) is 0 Å². The third-order valence-electron chi connectivity index (χ3n) is 8.61. The lowest BCUT2D eigenvalue weighted by Crippen LogP contribution is -2.46. The van der Waals surface area contributed by atoms with Crippen LogP contribution < -0.4 is 16.0 Å². The Labute approximate surface area is 329 Å². The molecule has 0 fully saturated rings. The molecular weight excluding hydrogens is 716 g/mol. The van der Waals surface area contributed by atoms with Gasteiger partial charge in [0.1, 0.15) is 25.9 Å². The molecule has 4 N–H and O–H groups in total. The third-order valence-corrected chi connectivity index (χ3v) is 8.61. The second-order valence-corrected chi connectivity index (χ2v) is 13.1. The van der Waals surface area contributed by atoms with Gasteiger partial charge >= 0.3 is 18.2 Å². The first kappa shape index (κ1) is 44.4. The molecule has 3 atom stereocenters. The molecule has 3 aromatic rings. The minimum absolute atomic E-state index is 0.00857. The number of aliphatic hydroxyl groups excluding tert-OH is 1. The summed E-state index contributed by atoms with van der Waals surface area (Å²) < 4.78 is 16.2. The first-order valence-corrected chi connectivity index (χ1v) is 18.8. The number of nitrogens with zero attached hydrogens (tertiary/aromatic N) is 1. The zero-order valence-corrected chi connectivity index (χ0v) is 31.8. The van der Waals surface area contributed by atoms with Crippen molar-refractivity contribution in [1.82, 2.24) is 20.9 Å². The molecule has 3 rings (SSSR count). The van der Waals surface area contributed by atoms with E-state index in [0.29, 0.717) is 25.8 Å². The van der Waals surface area contributed by atoms with Crippen LogP contribution in [-0.2, 0) is 48.4 Å². The summed E-state index contributed by atoms with van der Waals surface area (Å²) >= 11 is 0. The second-order valence-electron chi connectivity index (χ2n) is 13.1. The van der Waals surface area contributed by atoms with Crippen LogP contribution in [0.1, 0.15) is 55.2 Å². The van der Waals surface area contributed by atoms with Crippen LogP contribution in [0.2, 0.25) is 0 Å². The van der Waals surface area contributed by atoms with Crippen molar-refractivity contribution in [3.63, 3.8) is 0 Å². The number of ether oxygens (including phenoxy) is 3. The molecule has 0 heterocycles. The summed E-state index contributed by atoms with van der Waals surface area (Å²) in [5, 5.41) is 17.8. The average Bonchev–Trinajstić information content (AvgIpc) is 3.21. The molecule has 0 saturated heterocycles. The lowest BCUT2D eigenvalue weighted by molar-refractivity contribution is -0.147. The van der Waals surface area contributed by atoms with Crippen LogP contribution in [0.25, 0.3) is 0 Å². The Balaban J connectivity index is 1.62. The summed E-state index contributed by atoms with van der Waals surface area (Å²) in [7, 11) is 0. The Morgan fingerprint density at radius 3 is 1.86 bits per heavy atom. The Morgan fingerprint density at radius 1 is 0.714 bits per heavy atom. The minimum Gasteiger partial charge on any atom is -0.462 e. The summed E-state index contributed by atoms with van der Waals surface area (Å²) in [4.78, 5) is 66.6. The highest BCUT2D eigenvalue weighted by atomic mass is 16.6. The van der Waals surface area contributed by atoms with E-state index >= 15 is 0 Å². The largest absolute Gasteiger partial charge is 0.462 e. The van der Waals surface area contributed by atoms with Gasteiger partial charge in [-0.05, 0) is 48.8 Å². The predicted octanol–water partition coefficient (Wildman–Crippen LogP) is 5.59. The van der Waals surface area contributed by atoms with E-state index in [9.17, 15) is 29.1 Å². The van der Waals surface area contributed by atoms with Gasteiger partial charge in [0.2, 0.25) is 11.8 Å². The van der Waals surface area contributed by atoms with Gasteiger partial charge in [0.15, 0.2) is 0 Å². The molecule has 3 aromatic carbocycles. The summed E-state index contributed by atoms with van der Waals surface area (Å²) in [6, 6.07) is 26.0. The highest BCUT2D eigenvalue weighted by Crippen LogP contribution is 2.16. The molecule has 300 valence electrons. The number of hydrogen-bond donors (Lipinski definition) is 4. The summed E-state index contributed by atoms with van der Waals surface area (Å²) in [6.07, 6.45) is 3.20. The number of amides is 4. The molecule has 0 aliphatic heterocycles. The molecule has 4 amide bonds. The fourth-order valence-electron chi connectivity index (χ4n) is 5.61. The normalized spacial score (nSPS) is 12.2. The van der Waals surface area contributed by atoms with E-state index in [1.807, 2.05) is 78.9 Å². The van der Waals surface area contributed by atoms with Crippen molar-refractivity contribution in [2.75, 3.05) is 26.3 Å². The van der Waals surface area contributed by atoms with E-state index in [-0.39, 0.29) is 64.7 Å². The fourth-order valence-corrected chi connectivity index (χ4v) is 5.61. The quantitative estimate of drug-likeness (QED) is 0.0371. The lowest BCUT2D eigenvalue weighted by atomic mass is 9.98. The highest BCUT2D eigenvalue weighted by molar-refractivity contribution is 5.86. The summed E-state index contributed by atoms with van der Waals surface area (Å²) in [6.45, 7) is 7.80. The van der Waals surface area contributed by atoms with Gasteiger partial charge in [0.05, 0.1) is 18.6 Å². The summed E-state index contributed by atoms with van der Waals surface area (Å²) in [5.74, 6) is -2.28. The average molecular weight is 771 g/mol. The van der Waals surface area contributed by atoms with Crippen molar-refractivity contribution < 1.29 is 43.3 Å². The van der Waals surface area contributed by atoms with Gasteiger partial charge in [-0.2, -0.15) is 0 Å². The maximum atomic E-state index is 13.7. The van der Waals surface area contributed by atoms with Gasteiger partial charge < -0.3 is 40.2 Å². The van der Waals surface area contributed by atoms with Crippen molar-refractivity contribution in [1.29, 1.82) is 0 Å². The van der Waals surface area contributed by atoms with Crippen LogP contribution in [0.5, 0.6) is 0 Å². The monoisotopic (exact) mass is 770 g/mol. The predicted molar refractivity (Wildman–Crippen MR) is 212 cm³/mol. The number of aliphatic hydroxyl groups is 1. The van der Waals surface area contributed by atoms with Gasteiger partial charge in [-0.15, -0.1) is 13.2 Å². The number of nitrogens with one attached hydrogen (secondary N) is 3. The molecule has 13 heteroatoms. The molecule has 0 aliphatic rings. The van der Waals surface area contributed by atoms with E-state index in [4.69, 9.17) is 14.2 Å². The molecule has 0 spiro atoms. The van der Waals surface area contributed by atoms with Crippen molar-refractivity contribution in [3.05, 3.63) is 133 Å². The highest BCUT2D eigenvalue weighted by Gasteiger charge is 2.28. The number of benzene rings is 3. The zero-order chi connectivity index (χ0) is 40.4. The standard InChI is InChI=1S/C43H54N4O9/c1-3-16-36(28-39(49)47(26-27-48)29-33-18-8-5-9-19-33)40(50)45-37(24-14-15-25-44-42(52)55-30-34-20-10-6-11-21-34)32-54-41(51)38(17-4-2)46-43(53)56-31-35-22-12-7-13-23-35/h3-13,18-23,36-38,48H,1-2,14-17,24-32H2,(H,44,52)(H,45,50)(H,46,53)/t36-,37-,38+/m0/s1. The number of alkyl carbamates (subject to hydrolysis) is 2. The number of rotatable bonds is 25. The minimum atomic E-state index is -1.09. The first-order valence-electron chi connectivity index (χ1n) is 18.8. The van der Waals surface area contributed by atoms with E-state index in [1.54, 1.807) is 18.2 Å². The Bertz CT molecular complexity index is 1660. The third kappa shape index (κ3) is 17.5. The smallest absolute Gasteiger partial charge is 0.408 e. The number of unbranched alkanes of at least 4 members (excludes halogenated alkanes) is 1. The van der Waals surface area contributed by atoms with Crippen LogP contribution in [-0.4, -0.2) is 78.4 Å². The molecule has 0 bridgehead atoms. The van der Waals surface area contributed by atoms with E-state index in [0.717, 1.165) is 16.7 Å². The van der Waals surface area contributed by atoms with Crippen molar-refractivity contribution in [2.45, 2.75) is 70.4 Å². The Hall–Kier alpha value is -5.95. The fraction of sp³-hybridized carbons (Fsp3) is 0.372. The number of esters is 1. The molecule has 0 saturated carbocycles. The van der Waals surface area contributed by atoms with Crippen LogP contribution in [0.15, 0.2) is 116 Å². The zero-order valence-electron chi connectivity index (χ0n) is 31.8. The molecule has 0 unspecified atom stereocenters. The summed E-state index contributed by atoms with van der Waals surface area (Å²) in [5.41, 5.74) is 2.52. The maximum Gasteiger partial charge on any atom is 0.408 e. The van der Waals surface area contributed by atoms with Gasteiger partial charge in [-0.1, -0.05) is 103 Å². The number of hydrogen-bond acceptors (Lipinski definition) is 9. The van der Waals surface area contributed by atoms with Gasteiger partial charge in [0, 0.05) is 26.1 Å². The van der Waals surface area contributed by atoms with E-state index in [2.05, 4.69) is 29.1 Å². The van der Waals surface area contributed by atoms with Crippen LogP contribution >= 0.6 is 0 Å². The first-order chi connectivity index (χ1) is 27.2. The number of allylic oxidation sites excluding steroid dienone is 1. The molecule has 0 radical (unpaired) electrons. The van der Waals surface area contributed by atoms with Crippen molar-refractivity contribution in [3.8, 4) is 0 Å². The molecular formula is C43H54N4O9. The van der Waals surface area contributed by atoms with Crippen molar-refractivity contribution in [2.24, 2.45) is 5.92 Å². The van der Waals surface area contributed by atoms with Crippen LogP contribution in [0.4, 0.5) is 9.59 Å². The number of carbonyl (C=O) groups excluding carboxylic acids is 5. The van der Waals surface area contributed by atoms with E-state index in [1.165, 1.54) is 11.0 Å². The van der Waals surface area contributed by atoms with Gasteiger partial charge in [-0.3, -0.25) is 9.59 Å². The molecule has 56 heavy (non-hydrogen) atoms. The lowest BCUT2D eigenvalue weighted by Gasteiger charge is -2.26. The molecule has 0 aromatic heterocycles. The maximum absolute atomic E-state index is 13.7. The number of carbonyl (C=O) groups is 5. The van der Waals surface area contributed by atoms with Crippen LogP contribution in [0, 0.1) is 5.92 Å². The topological polar surface area (TPSA) is 173 Å². The Morgan fingerprint density at radius 2 is 1.29 bits per heavy atom. The second kappa shape index (κ2) is 26.0.